The average Bonchev–Trinajstić information content (AvgIpc) is 2.91. The summed E-state index contributed by atoms with van der Waals surface area (Å²) in [4.78, 5) is 0. The fourth-order valence-corrected chi connectivity index (χ4v) is 5.46. The maximum absolute atomic E-state index is 2.42. The lowest BCUT2D eigenvalue weighted by Crippen LogP contribution is -2.36. The van der Waals surface area contributed by atoms with Gasteiger partial charge in [0.25, 0.3) is 0 Å². The van der Waals surface area contributed by atoms with Crippen LogP contribution in [0.15, 0.2) is 134 Å². The molecule has 1 heteroatoms. The summed E-state index contributed by atoms with van der Waals surface area (Å²) in [6.07, 6.45) is 2.25. The van der Waals surface area contributed by atoms with Crippen molar-refractivity contribution in [1.29, 1.82) is 0 Å². The summed E-state index contributed by atoms with van der Waals surface area (Å²) in [5.41, 5.74) is 3.87. The Balaban J connectivity index is 1.65. The van der Waals surface area contributed by atoms with E-state index in [1.165, 1.54) is 59.9 Å². The normalized spacial score (nSPS) is 11.5. The highest BCUT2D eigenvalue weighted by atomic mass is 15.0. The number of rotatable bonds is 3. The van der Waals surface area contributed by atoms with Crippen molar-refractivity contribution >= 4 is 43.1 Å². The first kappa shape index (κ1) is 19.9. The number of hydrogen-bond acceptors (Lipinski definition) is 0. The van der Waals surface area contributed by atoms with Crippen LogP contribution in [0.4, 0.5) is 0 Å². The molecule has 0 saturated carbocycles. The van der Waals surface area contributed by atoms with Crippen LogP contribution in [0.2, 0.25) is 0 Å². The summed E-state index contributed by atoms with van der Waals surface area (Å²) in [6.45, 7) is 0.819. The molecule has 1 heterocycles. The maximum atomic E-state index is 2.42. The Morgan fingerprint density at radius 2 is 1.03 bits per heavy atom. The third kappa shape index (κ3) is 3.36. The van der Waals surface area contributed by atoms with E-state index in [0.717, 1.165) is 6.54 Å². The molecule has 0 amide bonds. The summed E-state index contributed by atoms with van der Waals surface area (Å²) >= 11 is 0. The van der Waals surface area contributed by atoms with Gasteiger partial charge in [-0.05, 0) is 62.0 Å². The zero-order valence-electron chi connectivity index (χ0n) is 19.4. The fraction of sp³-hybridized carbons (Fsp3) is 0.0294. The second-order valence-corrected chi connectivity index (χ2v) is 9.26. The zero-order chi connectivity index (χ0) is 23.2. The van der Waals surface area contributed by atoms with E-state index >= 15 is 0 Å². The zero-order valence-corrected chi connectivity index (χ0v) is 19.4. The molecule has 1 aromatic heterocycles. The van der Waals surface area contributed by atoms with Gasteiger partial charge in [0.15, 0.2) is 12.7 Å². The third-order valence-electron chi connectivity index (χ3n) is 7.10. The van der Waals surface area contributed by atoms with Gasteiger partial charge < -0.3 is 0 Å². The SMILES string of the molecule is c1ccc(C[n+]2ccc3ccccc3c2-c2c3ccccc3cc3cc4ccccc4cc23)cc1. The smallest absolute Gasteiger partial charge is 0.193 e. The second-order valence-electron chi connectivity index (χ2n) is 9.26. The van der Waals surface area contributed by atoms with Crippen LogP contribution >= 0.6 is 0 Å². The van der Waals surface area contributed by atoms with Crippen LogP contribution < -0.4 is 4.57 Å². The first-order chi connectivity index (χ1) is 17.3. The van der Waals surface area contributed by atoms with Crippen LogP contribution in [-0.4, -0.2) is 0 Å². The highest BCUT2D eigenvalue weighted by Crippen LogP contribution is 2.39. The molecule has 6 aromatic carbocycles. The van der Waals surface area contributed by atoms with Crippen LogP contribution in [0.3, 0.4) is 0 Å². The van der Waals surface area contributed by atoms with Gasteiger partial charge in [-0.2, -0.15) is 4.57 Å². The molecule has 7 aromatic rings. The minimum atomic E-state index is 0.819. The van der Waals surface area contributed by atoms with Crippen LogP contribution in [0.25, 0.3) is 54.3 Å². The van der Waals surface area contributed by atoms with Crippen LogP contribution in [0, 0.1) is 0 Å². The number of pyridine rings is 1. The minimum Gasteiger partial charge on any atom is -0.193 e. The lowest BCUT2D eigenvalue weighted by Gasteiger charge is -2.14. The van der Waals surface area contributed by atoms with Crippen molar-refractivity contribution in [1.82, 2.24) is 0 Å². The Kier molecular flexibility index (Phi) is 4.60. The van der Waals surface area contributed by atoms with Crippen molar-refractivity contribution in [3.05, 3.63) is 139 Å². The van der Waals surface area contributed by atoms with Crippen molar-refractivity contribution in [3.63, 3.8) is 0 Å². The molecular weight excluding hydrogens is 422 g/mol. The summed E-state index contributed by atoms with van der Waals surface area (Å²) in [7, 11) is 0. The molecule has 35 heavy (non-hydrogen) atoms. The number of hydrogen-bond donors (Lipinski definition) is 0. The molecule has 0 aliphatic carbocycles. The number of benzene rings is 6. The predicted octanol–water partition coefficient (Wildman–Crippen LogP) is 8.30. The topological polar surface area (TPSA) is 3.88 Å². The van der Waals surface area contributed by atoms with Gasteiger partial charge in [-0.15, -0.1) is 0 Å². The first-order valence-corrected chi connectivity index (χ1v) is 12.1. The molecule has 0 fully saturated rings. The Morgan fingerprint density at radius 1 is 0.429 bits per heavy atom. The molecule has 7 rings (SSSR count). The van der Waals surface area contributed by atoms with Crippen molar-refractivity contribution in [2.24, 2.45) is 0 Å². The van der Waals surface area contributed by atoms with Gasteiger partial charge in [0.05, 0.1) is 10.9 Å². The van der Waals surface area contributed by atoms with E-state index in [1.54, 1.807) is 0 Å². The van der Waals surface area contributed by atoms with Crippen LogP contribution in [0.5, 0.6) is 0 Å². The summed E-state index contributed by atoms with van der Waals surface area (Å²) in [5, 5.41) is 10.2. The lowest BCUT2D eigenvalue weighted by atomic mass is 9.90. The van der Waals surface area contributed by atoms with Gasteiger partial charge >= 0.3 is 0 Å². The molecule has 164 valence electrons. The van der Waals surface area contributed by atoms with E-state index in [4.69, 9.17) is 0 Å². The van der Waals surface area contributed by atoms with Gasteiger partial charge in [-0.25, -0.2) is 0 Å². The van der Waals surface area contributed by atoms with Gasteiger partial charge in [0.2, 0.25) is 5.69 Å². The third-order valence-corrected chi connectivity index (χ3v) is 7.10. The van der Waals surface area contributed by atoms with Crippen molar-refractivity contribution < 1.29 is 4.57 Å². The van der Waals surface area contributed by atoms with Crippen molar-refractivity contribution in [2.45, 2.75) is 6.54 Å². The standard InChI is InChI=1S/C34H24N/c1-2-10-24(11-3-1)23-35-19-18-25-12-6-9-17-31(25)34(35)33-30-16-8-7-15-28(30)21-29-20-26-13-4-5-14-27(26)22-32(29)33/h1-22H,23H2/q+1. The van der Waals surface area contributed by atoms with E-state index in [2.05, 4.69) is 138 Å². The Labute approximate surface area is 204 Å². The number of fused-ring (bicyclic) bond motifs is 4. The molecule has 0 aliphatic heterocycles. The summed E-state index contributed by atoms with van der Waals surface area (Å²) in [5.74, 6) is 0. The van der Waals surface area contributed by atoms with Crippen molar-refractivity contribution in [2.75, 3.05) is 0 Å². The second kappa shape index (κ2) is 8.07. The number of aromatic nitrogens is 1. The van der Waals surface area contributed by atoms with E-state index in [9.17, 15) is 0 Å². The van der Waals surface area contributed by atoms with Crippen LogP contribution in [0.1, 0.15) is 5.56 Å². The average molecular weight is 447 g/mol. The lowest BCUT2D eigenvalue weighted by molar-refractivity contribution is -0.676. The molecule has 0 aliphatic rings. The highest BCUT2D eigenvalue weighted by molar-refractivity contribution is 6.17. The molecular formula is C34H24N+. The Morgan fingerprint density at radius 3 is 1.83 bits per heavy atom. The maximum Gasteiger partial charge on any atom is 0.221 e. The Bertz CT molecular complexity index is 1860. The van der Waals surface area contributed by atoms with E-state index in [-0.39, 0.29) is 0 Å². The van der Waals surface area contributed by atoms with Gasteiger partial charge in [0, 0.05) is 11.6 Å². The monoisotopic (exact) mass is 446 g/mol. The molecule has 0 unspecified atom stereocenters. The van der Waals surface area contributed by atoms with E-state index < -0.39 is 0 Å². The molecule has 0 spiro atoms. The number of nitrogens with zero attached hydrogens (tertiary/aromatic N) is 1. The minimum absolute atomic E-state index is 0.819. The molecule has 0 N–H and O–H groups in total. The van der Waals surface area contributed by atoms with Gasteiger partial charge in [0.1, 0.15) is 0 Å². The van der Waals surface area contributed by atoms with Crippen LogP contribution in [-0.2, 0) is 6.54 Å². The molecule has 0 bridgehead atoms. The summed E-state index contributed by atoms with van der Waals surface area (Å²) in [6, 6.07) is 46.3. The fourth-order valence-electron chi connectivity index (χ4n) is 5.46. The van der Waals surface area contributed by atoms with E-state index in [0.29, 0.717) is 0 Å². The van der Waals surface area contributed by atoms with E-state index in [1.807, 2.05) is 0 Å². The van der Waals surface area contributed by atoms with Gasteiger partial charge in [-0.3, -0.25) is 0 Å². The highest BCUT2D eigenvalue weighted by Gasteiger charge is 2.23. The molecule has 0 atom stereocenters. The molecule has 0 saturated heterocycles. The van der Waals surface area contributed by atoms with Gasteiger partial charge in [-0.1, -0.05) is 97.1 Å². The largest absolute Gasteiger partial charge is 0.221 e. The Hall–Kier alpha value is -4.49. The quantitative estimate of drug-likeness (QED) is 0.190. The van der Waals surface area contributed by atoms with Crippen molar-refractivity contribution in [3.8, 4) is 11.3 Å². The first-order valence-electron chi connectivity index (χ1n) is 12.1. The predicted molar refractivity (Wildman–Crippen MR) is 148 cm³/mol. The molecule has 1 nitrogen and oxygen atoms in total. The molecule has 0 radical (unpaired) electrons. The summed E-state index contributed by atoms with van der Waals surface area (Å²) < 4.78 is 2.42.